The van der Waals surface area contributed by atoms with Gasteiger partial charge in [-0.15, -0.1) is 0 Å². The van der Waals surface area contributed by atoms with Gasteiger partial charge >= 0.3 is 5.97 Å². The highest BCUT2D eigenvalue weighted by Crippen LogP contribution is 2.47. The molecule has 0 bridgehead atoms. The number of carbonyl (C=O) groups is 2. The lowest BCUT2D eigenvalue weighted by molar-refractivity contribution is -0.116. The van der Waals surface area contributed by atoms with Gasteiger partial charge in [-0.05, 0) is 67.2 Å². The van der Waals surface area contributed by atoms with E-state index in [0.29, 0.717) is 47.0 Å². The second kappa shape index (κ2) is 12.8. The average molecular weight is 535 g/mol. The molecule has 0 aliphatic heterocycles. The summed E-state index contributed by atoms with van der Waals surface area (Å²) in [6, 6.07) is 11.2. The first kappa shape index (κ1) is 28.2. The molecule has 208 valence electrons. The quantitative estimate of drug-likeness (QED) is 0.269. The van der Waals surface area contributed by atoms with Gasteiger partial charge in [-0.25, -0.2) is 4.79 Å². The molecule has 0 spiro atoms. The van der Waals surface area contributed by atoms with Gasteiger partial charge in [0.2, 0.25) is 5.91 Å². The Morgan fingerprint density at radius 3 is 2.31 bits per heavy atom. The van der Waals surface area contributed by atoms with Crippen molar-refractivity contribution in [3.8, 4) is 33.9 Å². The zero-order valence-corrected chi connectivity index (χ0v) is 23.2. The van der Waals surface area contributed by atoms with E-state index in [9.17, 15) is 14.7 Å². The molecule has 1 aromatic heterocycles. The summed E-state index contributed by atoms with van der Waals surface area (Å²) in [4.78, 5) is 27.3. The molecule has 9 nitrogen and oxygen atoms in total. The zero-order valence-electron chi connectivity index (χ0n) is 23.2. The predicted molar refractivity (Wildman–Crippen MR) is 152 cm³/mol. The second-order valence-electron chi connectivity index (χ2n) is 9.77. The van der Waals surface area contributed by atoms with Crippen molar-refractivity contribution in [3.63, 3.8) is 0 Å². The summed E-state index contributed by atoms with van der Waals surface area (Å²) in [5, 5.41) is 20.3. The van der Waals surface area contributed by atoms with Gasteiger partial charge in [-0.3, -0.25) is 9.89 Å². The summed E-state index contributed by atoms with van der Waals surface area (Å²) in [6.45, 7) is 6.68. The minimum absolute atomic E-state index is 0.0407. The van der Waals surface area contributed by atoms with Gasteiger partial charge in [0.25, 0.3) is 0 Å². The summed E-state index contributed by atoms with van der Waals surface area (Å²) in [5.41, 5.74) is 4.01. The molecular weight excluding hydrogens is 496 g/mol. The summed E-state index contributed by atoms with van der Waals surface area (Å²) < 4.78 is 11.3. The minimum Gasteiger partial charge on any atom is -0.496 e. The normalized spacial score (nSPS) is 13.6. The third-order valence-electron chi connectivity index (χ3n) is 7.60. The van der Waals surface area contributed by atoms with Gasteiger partial charge in [-0.2, -0.15) is 5.10 Å². The van der Waals surface area contributed by atoms with Crippen molar-refractivity contribution >= 4 is 17.6 Å². The van der Waals surface area contributed by atoms with E-state index < -0.39 is 5.97 Å². The van der Waals surface area contributed by atoms with Crippen molar-refractivity contribution in [1.82, 2.24) is 15.1 Å². The number of carboxylic acid groups (broad SMARTS) is 1. The van der Waals surface area contributed by atoms with Gasteiger partial charge in [-0.1, -0.05) is 38.8 Å². The van der Waals surface area contributed by atoms with E-state index in [0.717, 1.165) is 49.9 Å². The lowest BCUT2D eigenvalue weighted by atomic mass is 9.87. The number of rotatable bonds is 12. The molecule has 4 rings (SSSR count). The van der Waals surface area contributed by atoms with Crippen molar-refractivity contribution in [3.05, 3.63) is 47.7 Å². The molecule has 1 amide bonds. The van der Waals surface area contributed by atoms with Crippen molar-refractivity contribution in [2.24, 2.45) is 0 Å². The Bertz CT molecular complexity index is 1290. The number of aromatic nitrogens is 2. The number of nitrogens with one attached hydrogen (secondary N) is 2. The smallest absolute Gasteiger partial charge is 0.357 e. The maximum absolute atomic E-state index is 12.8. The molecule has 3 N–H and O–H groups in total. The van der Waals surface area contributed by atoms with Crippen LogP contribution in [-0.4, -0.2) is 65.9 Å². The standard InChI is InChI=1S/C30H38N4O5/c1-5-34(6-2)17-16-25(35)31-20-14-15-21(22(18-20)19-10-7-8-11-19)26-28(32-33-29(26)30(36)37)27-23(38-3)12-9-13-24(27)39-4/h9,12-15,18-19H,5-8,10-11,16-17H2,1-4H3,(H,31,35)(H,32,33)(H,36,37). The van der Waals surface area contributed by atoms with E-state index in [1.54, 1.807) is 26.4 Å². The SMILES string of the molecule is CCN(CC)CCC(=O)Nc1ccc(-c2c(C(=O)O)n[nH]c2-c2c(OC)cccc2OC)c(C2CCCC2)c1. The number of hydrogen-bond acceptors (Lipinski definition) is 6. The van der Waals surface area contributed by atoms with Crippen LogP contribution in [0.2, 0.25) is 0 Å². The molecule has 0 saturated heterocycles. The fraction of sp³-hybridized carbons (Fsp3) is 0.433. The molecule has 39 heavy (non-hydrogen) atoms. The first-order chi connectivity index (χ1) is 18.9. The van der Waals surface area contributed by atoms with Crippen molar-refractivity contribution < 1.29 is 24.2 Å². The molecule has 2 aromatic carbocycles. The number of aromatic carboxylic acids is 1. The number of ether oxygens (including phenoxy) is 2. The molecule has 0 unspecified atom stereocenters. The second-order valence-corrected chi connectivity index (χ2v) is 9.77. The number of aromatic amines is 1. The third kappa shape index (κ3) is 6.09. The number of anilines is 1. The fourth-order valence-electron chi connectivity index (χ4n) is 5.50. The molecule has 3 aromatic rings. The van der Waals surface area contributed by atoms with Crippen LogP contribution in [0.4, 0.5) is 5.69 Å². The lowest BCUT2D eigenvalue weighted by Gasteiger charge is -2.20. The van der Waals surface area contributed by atoms with Gasteiger partial charge in [0, 0.05) is 24.2 Å². The topological polar surface area (TPSA) is 117 Å². The van der Waals surface area contributed by atoms with E-state index in [-0.39, 0.29) is 17.5 Å². The molecule has 0 atom stereocenters. The van der Waals surface area contributed by atoms with Crippen LogP contribution in [0.1, 0.15) is 67.9 Å². The lowest BCUT2D eigenvalue weighted by Crippen LogP contribution is -2.27. The molecular formula is C30H38N4O5. The highest BCUT2D eigenvalue weighted by atomic mass is 16.5. The Morgan fingerprint density at radius 1 is 1.05 bits per heavy atom. The number of H-pyrrole nitrogens is 1. The van der Waals surface area contributed by atoms with Gasteiger partial charge in [0.15, 0.2) is 5.69 Å². The highest BCUT2D eigenvalue weighted by molar-refractivity contribution is 6.01. The van der Waals surface area contributed by atoms with Crippen LogP contribution in [0.15, 0.2) is 36.4 Å². The summed E-state index contributed by atoms with van der Waals surface area (Å²) in [7, 11) is 3.13. The maximum Gasteiger partial charge on any atom is 0.357 e. The van der Waals surface area contributed by atoms with Crippen LogP contribution in [-0.2, 0) is 4.79 Å². The van der Waals surface area contributed by atoms with E-state index in [2.05, 4.69) is 34.3 Å². The number of carboxylic acids is 1. The van der Waals surface area contributed by atoms with Crippen molar-refractivity contribution in [2.45, 2.75) is 51.9 Å². The van der Waals surface area contributed by atoms with Crippen LogP contribution in [0.25, 0.3) is 22.4 Å². The third-order valence-corrected chi connectivity index (χ3v) is 7.60. The monoisotopic (exact) mass is 534 g/mol. The first-order valence-electron chi connectivity index (χ1n) is 13.6. The molecule has 1 saturated carbocycles. The number of carbonyl (C=O) groups excluding carboxylic acids is 1. The fourth-order valence-corrected chi connectivity index (χ4v) is 5.50. The van der Waals surface area contributed by atoms with E-state index in [4.69, 9.17) is 9.47 Å². The molecule has 1 heterocycles. The van der Waals surface area contributed by atoms with Crippen LogP contribution in [0.3, 0.4) is 0 Å². The molecule has 9 heteroatoms. The number of benzene rings is 2. The van der Waals surface area contributed by atoms with Crippen LogP contribution in [0.5, 0.6) is 11.5 Å². The Kier molecular flexibility index (Phi) is 9.24. The van der Waals surface area contributed by atoms with E-state index in [1.165, 1.54) is 0 Å². The average Bonchev–Trinajstić information content (AvgIpc) is 3.64. The van der Waals surface area contributed by atoms with Gasteiger partial charge in [0.1, 0.15) is 11.5 Å². The highest BCUT2D eigenvalue weighted by Gasteiger charge is 2.30. The number of amides is 1. The van der Waals surface area contributed by atoms with Crippen LogP contribution >= 0.6 is 0 Å². The predicted octanol–water partition coefficient (Wildman–Crippen LogP) is 5.79. The Morgan fingerprint density at radius 2 is 1.72 bits per heavy atom. The maximum atomic E-state index is 12.8. The van der Waals surface area contributed by atoms with Gasteiger partial charge < -0.3 is 24.8 Å². The number of methoxy groups -OCH3 is 2. The molecule has 0 radical (unpaired) electrons. The number of hydrogen-bond donors (Lipinski definition) is 3. The zero-order chi connectivity index (χ0) is 27.9. The van der Waals surface area contributed by atoms with E-state index >= 15 is 0 Å². The van der Waals surface area contributed by atoms with Crippen molar-refractivity contribution in [1.29, 1.82) is 0 Å². The molecule has 1 aliphatic carbocycles. The molecule has 1 fully saturated rings. The largest absolute Gasteiger partial charge is 0.496 e. The Labute approximate surface area is 229 Å². The molecule has 1 aliphatic rings. The van der Waals surface area contributed by atoms with E-state index in [1.807, 2.05) is 24.3 Å². The summed E-state index contributed by atoms with van der Waals surface area (Å²) in [6.07, 6.45) is 4.62. The Balaban J connectivity index is 1.81. The van der Waals surface area contributed by atoms with Crippen molar-refractivity contribution in [2.75, 3.05) is 39.2 Å². The first-order valence-corrected chi connectivity index (χ1v) is 13.6. The van der Waals surface area contributed by atoms with Crippen LogP contribution in [0, 0.1) is 0 Å². The minimum atomic E-state index is -1.13. The summed E-state index contributed by atoms with van der Waals surface area (Å²) >= 11 is 0. The summed E-state index contributed by atoms with van der Waals surface area (Å²) in [5.74, 6) is 0.149. The number of nitrogens with zero attached hydrogens (tertiary/aromatic N) is 2. The van der Waals surface area contributed by atoms with Crippen LogP contribution < -0.4 is 14.8 Å². The van der Waals surface area contributed by atoms with Gasteiger partial charge in [0.05, 0.1) is 25.5 Å². The Hall–Kier alpha value is -3.85.